The Hall–Kier alpha value is -3.76. The maximum Gasteiger partial charge on any atom is 0.434 e. The molecule has 8 nitrogen and oxygen atoms in total. The number of ether oxygens (including phenoxy) is 1. The molecule has 0 spiro atoms. The normalized spacial score (nSPS) is 13.7. The average molecular weight is 486 g/mol. The fraction of sp³-hybridized carbons (Fsp3) is 0.375. The third kappa shape index (κ3) is 5.67. The number of carbonyl (C=O) groups excluding carboxylic acids is 1. The monoisotopic (exact) mass is 486 g/mol. The van der Waals surface area contributed by atoms with E-state index in [0.29, 0.717) is 12.4 Å². The van der Waals surface area contributed by atoms with Crippen molar-refractivity contribution in [3.05, 3.63) is 70.2 Å². The Labute approximate surface area is 200 Å². The van der Waals surface area contributed by atoms with Gasteiger partial charge in [0, 0.05) is 30.8 Å². The van der Waals surface area contributed by atoms with Crippen molar-refractivity contribution in [2.45, 2.75) is 44.8 Å². The number of fused-ring (bicyclic) bond motifs is 1. The van der Waals surface area contributed by atoms with E-state index in [4.69, 9.17) is 0 Å². The molecule has 2 heterocycles. The van der Waals surface area contributed by atoms with Crippen LogP contribution < -0.4 is 10.6 Å². The molecule has 0 bridgehead atoms. The lowest BCUT2D eigenvalue weighted by molar-refractivity contribution is -0.141. The molecular formula is C24H25F3N6O2. The number of esters is 1. The fourth-order valence-corrected chi connectivity index (χ4v) is 4.08. The van der Waals surface area contributed by atoms with Crippen molar-refractivity contribution in [1.29, 1.82) is 0 Å². The molecule has 1 aliphatic rings. The molecule has 0 amide bonds. The molecule has 2 N–H and O–H groups in total. The molecule has 1 aromatic carbocycles. The Morgan fingerprint density at radius 2 is 1.89 bits per heavy atom. The highest BCUT2D eigenvalue weighted by Gasteiger charge is 2.38. The maximum absolute atomic E-state index is 13.4. The van der Waals surface area contributed by atoms with E-state index >= 15 is 0 Å². The molecule has 2 aromatic heterocycles. The summed E-state index contributed by atoms with van der Waals surface area (Å²) >= 11 is 0. The van der Waals surface area contributed by atoms with Gasteiger partial charge in [0.05, 0.1) is 12.8 Å². The van der Waals surface area contributed by atoms with Gasteiger partial charge in [0.25, 0.3) is 0 Å². The predicted octanol–water partition coefficient (Wildman–Crippen LogP) is 4.06. The first kappa shape index (κ1) is 24.4. The number of rotatable bonds is 8. The third-order valence-corrected chi connectivity index (χ3v) is 5.75. The number of methoxy groups -OCH3 is 1. The molecule has 0 radical (unpaired) electrons. The summed E-state index contributed by atoms with van der Waals surface area (Å²) in [5.74, 6) is -0.712. The first-order valence-corrected chi connectivity index (χ1v) is 11.2. The highest BCUT2D eigenvalue weighted by molar-refractivity contribution is 5.90. The van der Waals surface area contributed by atoms with Crippen LogP contribution in [0, 0.1) is 0 Å². The highest BCUT2D eigenvalue weighted by Crippen LogP contribution is 2.32. The lowest BCUT2D eigenvalue weighted by Crippen LogP contribution is -2.28. The van der Waals surface area contributed by atoms with E-state index in [-0.39, 0.29) is 12.0 Å². The SMILES string of the molecule is COC(=O)c1cnc(N[C@H](C)CNc2nnc(Cc3ccccc3)c3c2CCC3)nc1C(F)(F)F. The van der Waals surface area contributed by atoms with Gasteiger partial charge in [-0.15, -0.1) is 5.10 Å². The maximum atomic E-state index is 13.4. The number of hydrogen-bond donors (Lipinski definition) is 2. The summed E-state index contributed by atoms with van der Waals surface area (Å²) in [5.41, 5.74) is 2.40. The van der Waals surface area contributed by atoms with E-state index in [0.717, 1.165) is 50.2 Å². The van der Waals surface area contributed by atoms with Crippen molar-refractivity contribution in [1.82, 2.24) is 20.2 Å². The minimum atomic E-state index is -4.83. The Bertz CT molecular complexity index is 1200. The van der Waals surface area contributed by atoms with Crippen molar-refractivity contribution in [3.8, 4) is 0 Å². The molecule has 1 atom stereocenters. The number of anilines is 2. The standard InChI is InChI=1S/C24H25F3N6O2/c1-14(30-23-29-13-18(22(34)35-2)20(31-23)24(25,26)27)12-28-21-17-10-6-9-16(17)19(32-33-21)11-15-7-4-3-5-8-15/h3-5,7-8,13-14H,6,9-12H2,1-2H3,(H,28,33)(H,29,30,31)/t14-/m1/s1. The van der Waals surface area contributed by atoms with E-state index in [9.17, 15) is 18.0 Å². The molecule has 184 valence electrons. The van der Waals surface area contributed by atoms with Crippen LogP contribution >= 0.6 is 0 Å². The van der Waals surface area contributed by atoms with Gasteiger partial charge >= 0.3 is 12.1 Å². The topological polar surface area (TPSA) is 102 Å². The van der Waals surface area contributed by atoms with Crippen LogP contribution in [0.3, 0.4) is 0 Å². The van der Waals surface area contributed by atoms with E-state index in [2.05, 4.69) is 47.7 Å². The van der Waals surface area contributed by atoms with Crippen molar-refractivity contribution >= 4 is 17.7 Å². The van der Waals surface area contributed by atoms with Gasteiger partial charge in [-0.1, -0.05) is 30.3 Å². The summed E-state index contributed by atoms with van der Waals surface area (Å²) in [6, 6.07) is 9.75. The van der Waals surface area contributed by atoms with Gasteiger partial charge < -0.3 is 15.4 Å². The van der Waals surface area contributed by atoms with Crippen molar-refractivity contribution in [2.24, 2.45) is 0 Å². The van der Waals surface area contributed by atoms with Gasteiger partial charge in [-0.2, -0.15) is 18.3 Å². The van der Waals surface area contributed by atoms with Crippen LogP contribution in [0.25, 0.3) is 0 Å². The summed E-state index contributed by atoms with van der Waals surface area (Å²) in [6.45, 7) is 2.12. The van der Waals surface area contributed by atoms with E-state index in [1.165, 1.54) is 11.1 Å². The minimum Gasteiger partial charge on any atom is -0.465 e. The number of benzene rings is 1. The number of alkyl halides is 3. The average Bonchev–Trinajstić information content (AvgIpc) is 3.34. The number of hydrogen-bond acceptors (Lipinski definition) is 8. The van der Waals surface area contributed by atoms with Crippen LogP contribution in [0.5, 0.6) is 0 Å². The predicted molar refractivity (Wildman–Crippen MR) is 123 cm³/mol. The van der Waals surface area contributed by atoms with E-state index in [1.54, 1.807) is 6.92 Å². The molecule has 35 heavy (non-hydrogen) atoms. The number of halogens is 3. The summed E-state index contributed by atoms with van der Waals surface area (Å²) in [4.78, 5) is 19.0. The van der Waals surface area contributed by atoms with Crippen LogP contribution in [0.1, 0.15) is 51.8 Å². The quantitative estimate of drug-likeness (QED) is 0.460. The first-order chi connectivity index (χ1) is 16.8. The van der Waals surface area contributed by atoms with Gasteiger partial charge in [-0.25, -0.2) is 14.8 Å². The van der Waals surface area contributed by atoms with Crippen LogP contribution in [-0.4, -0.2) is 45.8 Å². The van der Waals surface area contributed by atoms with Crippen LogP contribution in [0.15, 0.2) is 36.5 Å². The molecule has 4 rings (SSSR count). The van der Waals surface area contributed by atoms with Crippen molar-refractivity contribution in [2.75, 3.05) is 24.3 Å². The number of nitrogens with one attached hydrogen (secondary N) is 2. The smallest absolute Gasteiger partial charge is 0.434 e. The summed E-state index contributed by atoms with van der Waals surface area (Å²) < 4.78 is 44.5. The van der Waals surface area contributed by atoms with Crippen molar-refractivity contribution < 1.29 is 22.7 Å². The van der Waals surface area contributed by atoms with Crippen LogP contribution in [0.2, 0.25) is 0 Å². The molecule has 0 aliphatic heterocycles. The largest absolute Gasteiger partial charge is 0.465 e. The van der Waals surface area contributed by atoms with Gasteiger partial charge in [-0.3, -0.25) is 0 Å². The first-order valence-electron chi connectivity index (χ1n) is 11.2. The van der Waals surface area contributed by atoms with Gasteiger partial charge in [0.15, 0.2) is 11.5 Å². The second-order valence-electron chi connectivity index (χ2n) is 8.34. The van der Waals surface area contributed by atoms with Gasteiger partial charge in [0.2, 0.25) is 5.95 Å². The molecule has 1 aliphatic carbocycles. The third-order valence-electron chi connectivity index (χ3n) is 5.75. The van der Waals surface area contributed by atoms with E-state index < -0.39 is 23.4 Å². The lowest BCUT2D eigenvalue weighted by atomic mass is 10.0. The van der Waals surface area contributed by atoms with Crippen LogP contribution in [-0.2, 0) is 30.2 Å². The molecule has 0 fully saturated rings. The summed E-state index contributed by atoms with van der Waals surface area (Å²) in [7, 11) is 0.996. The minimum absolute atomic E-state index is 0.242. The molecular weight excluding hydrogens is 461 g/mol. The van der Waals surface area contributed by atoms with Crippen molar-refractivity contribution in [3.63, 3.8) is 0 Å². The zero-order valence-corrected chi connectivity index (χ0v) is 19.3. The van der Waals surface area contributed by atoms with Gasteiger partial charge in [-0.05, 0) is 37.3 Å². The second kappa shape index (κ2) is 10.2. The Kier molecular flexibility index (Phi) is 7.13. The Morgan fingerprint density at radius 1 is 1.14 bits per heavy atom. The summed E-state index contributed by atoms with van der Waals surface area (Å²) in [5, 5.41) is 14.9. The Morgan fingerprint density at radius 3 is 2.60 bits per heavy atom. The Balaban J connectivity index is 1.44. The molecule has 0 saturated heterocycles. The second-order valence-corrected chi connectivity index (χ2v) is 8.34. The molecule has 0 unspecified atom stereocenters. The van der Waals surface area contributed by atoms with E-state index in [1.807, 2.05) is 18.2 Å². The number of nitrogens with zero attached hydrogens (tertiary/aromatic N) is 4. The number of carbonyl (C=O) groups is 1. The fourth-order valence-electron chi connectivity index (χ4n) is 4.08. The molecule has 3 aromatic rings. The molecule has 0 saturated carbocycles. The number of aromatic nitrogens is 4. The summed E-state index contributed by atoms with van der Waals surface area (Å²) in [6.07, 6.45) is -0.446. The molecule has 11 heteroatoms. The zero-order valence-electron chi connectivity index (χ0n) is 19.3. The van der Waals surface area contributed by atoms with Crippen LogP contribution in [0.4, 0.5) is 24.9 Å². The highest BCUT2D eigenvalue weighted by atomic mass is 19.4. The zero-order chi connectivity index (χ0) is 25.0. The van der Waals surface area contributed by atoms with Gasteiger partial charge in [0.1, 0.15) is 5.56 Å². The lowest BCUT2D eigenvalue weighted by Gasteiger charge is -2.18.